The Balaban J connectivity index is 2.00. The van der Waals surface area contributed by atoms with Crippen LogP contribution in [0.1, 0.15) is 46.0 Å². The summed E-state index contributed by atoms with van der Waals surface area (Å²) >= 11 is 0. The number of carbonyl (C=O) groups is 2. The quantitative estimate of drug-likeness (QED) is 0.857. The molecular weight excluding hydrogens is 276 g/mol. The topological polar surface area (TPSA) is 72.2 Å². The summed E-state index contributed by atoms with van der Waals surface area (Å²) in [6, 6.07) is 14.1. The number of hydrogen-bond donors (Lipinski definition) is 2. The highest BCUT2D eigenvalue weighted by Gasteiger charge is 2.07. The maximum Gasteiger partial charge on any atom is 0.255 e. The molecule has 2 amide bonds. The van der Waals surface area contributed by atoms with Gasteiger partial charge < -0.3 is 11.1 Å². The molecule has 3 N–H and O–H groups in total. The molecule has 22 heavy (non-hydrogen) atoms. The Morgan fingerprint density at radius 1 is 0.955 bits per heavy atom. The molecule has 4 nitrogen and oxygen atoms in total. The van der Waals surface area contributed by atoms with Crippen LogP contribution in [0.4, 0.5) is 5.69 Å². The van der Waals surface area contributed by atoms with Crippen LogP contribution >= 0.6 is 0 Å². The van der Waals surface area contributed by atoms with Gasteiger partial charge in [-0.2, -0.15) is 0 Å². The van der Waals surface area contributed by atoms with Crippen molar-refractivity contribution in [2.24, 2.45) is 5.73 Å². The minimum Gasteiger partial charge on any atom is -0.366 e. The molecule has 0 radical (unpaired) electrons. The van der Waals surface area contributed by atoms with E-state index in [9.17, 15) is 9.59 Å². The molecule has 114 valence electrons. The highest BCUT2D eigenvalue weighted by Crippen LogP contribution is 2.13. The first kappa shape index (κ1) is 15.8. The summed E-state index contributed by atoms with van der Waals surface area (Å²) in [5, 5.41) is 2.80. The van der Waals surface area contributed by atoms with Crippen LogP contribution in [-0.2, 0) is 6.42 Å². The van der Waals surface area contributed by atoms with E-state index in [1.807, 2.05) is 24.3 Å². The molecule has 0 heterocycles. The van der Waals surface area contributed by atoms with Gasteiger partial charge in [0.05, 0.1) is 0 Å². The Morgan fingerprint density at radius 3 is 2.09 bits per heavy atom. The predicted molar refractivity (Wildman–Crippen MR) is 88.0 cm³/mol. The summed E-state index contributed by atoms with van der Waals surface area (Å²) in [6.45, 7) is 2.16. The average molecular weight is 296 g/mol. The van der Waals surface area contributed by atoms with Gasteiger partial charge in [0, 0.05) is 16.8 Å². The summed E-state index contributed by atoms with van der Waals surface area (Å²) in [7, 11) is 0. The van der Waals surface area contributed by atoms with E-state index >= 15 is 0 Å². The van der Waals surface area contributed by atoms with Crippen molar-refractivity contribution in [1.29, 1.82) is 0 Å². The Kier molecular flexibility index (Phi) is 5.31. The van der Waals surface area contributed by atoms with Crippen LogP contribution in [-0.4, -0.2) is 11.8 Å². The first-order chi connectivity index (χ1) is 10.6. The summed E-state index contributed by atoms with van der Waals surface area (Å²) in [5.41, 5.74) is 8.07. The average Bonchev–Trinajstić information content (AvgIpc) is 2.54. The van der Waals surface area contributed by atoms with E-state index in [0.717, 1.165) is 19.3 Å². The van der Waals surface area contributed by atoms with Gasteiger partial charge >= 0.3 is 0 Å². The van der Waals surface area contributed by atoms with Crippen LogP contribution < -0.4 is 11.1 Å². The van der Waals surface area contributed by atoms with Crippen molar-refractivity contribution in [1.82, 2.24) is 0 Å². The summed E-state index contributed by atoms with van der Waals surface area (Å²) in [4.78, 5) is 23.2. The molecule has 2 rings (SSSR count). The number of nitrogens with two attached hydrogens (primary N) is 1. The molecule has 0 bridgehead atoms. The number of benzene rings is 2. The molecule has 0 spiro atoms. The molecule has 0 atom stereocenters. The molecule has 0 saturated carbocycles. The van der Waals surface area contributed by atoms with E-state index in [4.69, 9.17) is 5.73 Å². The highest BCUT2D eigenvalue weighted by molar-refractivity contribution is 6.04. The number of aryl methyl sites for hydroxylation is 1. The zero-order chi connectivity index (χ0) is 15.9. The van der Waals surface area contributed by atoms with Gasteiger partial charge in [-0.3, -0.25) is 9.59 Å². The van der Waals surface area contributed by atoms with E-state index < -0.39 is 5.91 Å². The first-order valence-corrected chi connectivity index (χ1v) is 7.40. The molecule has 0 aliphatic carbocycles. The second-order valence-electron chi connectivity index (χ2n) is 5.20. The molecule has 0 saturated heterocycles. The Hall–Kier alpha value is -2.62. The maximum atomic E-state index is 12.2. The van der Waals surface area contributed by atoms with Crippen molar-refractivity contribution in [2.75, 3.05) is 5.32 Å². The predicted octanol–water partition coefficient (Wildman–Crippen LogP) is 3.38. The van der Waals surface area contributed by atoms with Gasteiger partial charge in [-0.05, 0) is 54.8 Å². The lowest BCUT2D eigenvalue weighted by Gasteiger charge is -2.07. The van der Waals surface area contributed by atoms with Crippen molar-refractivity contribution in [3.8, 4) is 0 Å². The van der Waals surface area contributed by atoms with E-state index in [0.29, 0.717) is 16.8 Å². The number of rotatable bonds is 6. The van der Waals surface area contributed by atoms with Crippen molar-refractivity contribution in [2.45, 2.75) is 26.2 Å². The third-order valence-electron chi connectivity index (χ3n) is 3.46. The Labute approximate surface area is 130 Å². The fourth-order valence-electron chi connectivity index (χ4n) is 2.12. The molecule has 0 aliphatic heterocycles. The molecule has 0 unspecified atom stereocenters. The van der Waals surface area contributed by atoms with Gasteiger partial charge in [-0.1, -0.05) is 25.5 Å². The summed E-state index contributed by atoms with van der Waals surface area (Å²) < 4.78 is 0. The summed E-state index contributed by atoms with van der Waals surface area (Å²) in [6.07, 6.45) is 3.34. The van der Waals surface area contributed by atoms with Crippen LogP contribution in [0.3, 0.4) is 0 Å². The Morgan fingerprint density at radius 2 is 1.55 bits per heavy atom. The molecule has 2 aromatic carbocycles. The minimum absolute atomic E-state index is 0.172. The van der Waals surface area contributed by atoms with Crippen LogP contribution in [0.2, 0.25) is 0 Å². The number of carbonyl (C=O) groups excluding carboxylic acids is 2. The number of hydrogen-bond acceptors (Lipinski definition) is 2. The standard InChI is InChI=1S/C18H20N2O2/c1-2-3-4-13-5-7-15(8-6-13)18(22)20-16-11-9-14(10-12-16)17(19)21/h5-12H,2-4H2,1H3,(H2,19,21)(H,20,22). The van der Waals surface area contributed by atoms with E-state index in [1.54, 1.807) is 24.3 Å². The van der Waals surface area contributed by atoms with Crippen molar-refractivity contribution in [3.63, 3.8) is 0 Å². The van der Waals surface area contributed by atoms with E-state index in [-0.39, 0.29) is 5.91 Å². The molecule has 2 aromatic rings. The molecule has 0 fully saturated rings. The second-order valence-corrected chi connectivity index (χ2v) is 5.20. The zero-order valence-corrected chi connectivity index (χ0v) is 12.6. The lowest BCUT2D eigenvalue weighted by atomic mass is 10.1. The fourth-order valence-corrected chi connectivity index (χ4v) is 2.12. The van der Waals surface area contributed by atoms with Gasteiger partial charge in [0.15, 0.2) is 0 Å². The van der Waals surface area contributed by atoms with Crippen molar-refractivity contribution < 1.29 is 9.59 Å². The van der Waals surface area contributed by atoms with Gasteiger partial charge in [0.1, 0.15) is 0 Å². The lowest BCUT2D eigenvalue weighted by molar-refractivity contribution is 0.0998. The number of unbranched alkanes of at least 4 members (excludes halogenated alkanes) is 1. The number of anilines is 1. The monoisotopic (exact) mass is 296 g/mol. The normalized spacial score (nSPS) is 10.2. The van der Waals surface area contributed by atoms with E-state index in [1.165, 1.54) is 5.56 Å². The number of nitrogens with one attached hydrogen (secondary N) is 1. The van der Waals surface area contributed by atoms with Gasteiger partial charge in [-0.15, -0.1) is 0 Å². The van der Waals surface area contributed by atoms with Crippen molar-refractivity contribution >= 4 is 17.5 Å². The van der Waals surface area contributed by atoms with Gasteiger partial charge in [-0.25, -0.2) is 0 Å². The minimum atomic E-state index is -0.486. The molecule has 0 aromatic heterocycles. The Bertz CT molecular complexity index is 646. The maximum absolute atomic E-state index is 12.2. The first-order valence-electron chi connectivity index (χ1n) is 7.40. The summed E-state index contributed by atoms with van der Waals surface area (Å²) in [5.74, 6) is -0.658. The largest absolute Gasteiger partial charge is 0.366 e. The second kappa shape index (κ2) is 7.41. The zero-order valence-electron chi connectivity index (χ0n) is 12.6. The fraction of sp³-hybridized carbons (Fsp3) is 0.222. The van der Waals surface area contributed by atoms with Crippen LogP contribution in [0.5, 0.6) is 0 Å². The SMILES string of the molecule is CCCCc1ccc(C(=O)Nc2ccc(C(N)=O)cc2)cc1. The third kappa shape index (κ3) is 4.19. The van der Waals surface area contributed by atoms with Crippen LogP contribution in [0.25, 0.3) is 0 Å². The smallest absolute Gasteiger partial charge is 0.255 e. The molecule has 4 heteroatoms. The number of amides is 2. The lowest BCUT2D eigenvalue weighted by Crippen LogP contribution is -2.13. The van der Waals surface area contributed by atoms with Crippen LogP contribution in [0.15, 0.2) is 48.5 Å². The van der Waals surface area contributed by atoms with E-state index in [2.05, 4.69) is 12.2 Å². The van der Waals surface area contributed by atoms with Gasteiger partial charge in [0.25, 0.3) is 5.91 Å². The van der Waals surface area contributed by atoms with Crippen LogP contribution in [0, 0.1) is 0 Å². The van der Waals surface area contributed by atoms with Gasteiger partial charge in [0.2, 0.25) is 5.91 Å². The van der Waals surface area contributed by atoms with Crippen molar-refractivity contribution in [3.05, 3.63) is 65.2 Å². The number of primary amides is 1. The highest BCUT2D eigenvalue weighted by atomic mass is 16.2. The molecular formula is C18H20N2O2. The molecule has 0 aliphatic rings. The third-order valence-corrected chi connectivity index (χ3v) is 3.46.